The van der Waals surface area contributed by atoms with E-state index in [2.05, 4.69) is 15.5 Å². The Morgan fingerprint density at radius 2 is 2.03 bits per heavy atom. The summed E-state index contributed by atoms with van der Waals surface area (Å²) in [6.07, 6.45) is -0.0194. The van der Waals surface area contributed by atoms with E-state index < -0.39 is 17.8 Å². The number of alkyl carbamates (subject to hydrolysis) is 1. The fourth-order valence-electron chi connectivity index (χ4n) is 3.30. The lowest BCUT2D eigenvalue weighted by molar-refractivity contribution is 0.0503. The third-order valence-electron chi connectivity index (χ3n) is 5.05. The summed E-state index contributed by atoms with van der Waals surface area (Å²) in [5.41, 5.74) is 1.55. The molecule has 0 spiro atoms. The zero-order chi connectivity index (χ0) is 23.6. The zero-order valence-corrected chi connectivity index (χ0v) is 20.6. The Balaban J connectivity index is 1.92. The maximum absolute atomic E-state index is 12.2. The Morgan fingerprint density at radius 1 is 1.31 bits per heavy atom. The van der Waals surface area contributed by atoms with E-state index in [-0.39, 0.29) is 18.5 Å². The molecular formula is C22H28N4O4S2. The molecule has 0 saturated carbocycles. The number of thiophene rings is 2. The maximum Gasteiger partial charge on any atom is 0.412 e. The van der Waals surface area contributed by atoms with Crippen LogP contribution in [0.25, 0.3) is 10.2 Å². The number of aryl methyl sites for hydroxylation is 1. The molecule has 172 valence electrons. The second kappa shape index (κ2) is 9.41. The van der Waals surface area contributed by atoms with Crippen molar-refractivity contribution in [3.63, 3.8) is 0 Å². The summed E-state index contributed by atoms with van der Waals surface area (Å²) in [7, 11) is 0. The number of amides is 2. The van der Waals surface area contributed by atoms with Crippen molar-refractivity contribution in [2.45, 2.75) is 65.6 Å². The van der Waals surface area contributed by atoms with Gasteiger partial charge in [-0.25, -0.2) is 9.59 Å². The summed E-state index contributed by atoms with van der Waals surface area (Å²) in [5.74, 6) is -0.0369. The standard InChI is InChI=1S/C22H28N4O4S2/c1-12(14(3)24-20(27)30-22(4,5)6)18-13(2)17-19(32-18)16(10-23-25-17)26(21(28)29)11-15-8-7-9-31-15/h7-10,12,14H,11H2,1-6H3,(H,24,27)(H,28,29). The van der Waals surface area contributed by atoms with E-state index in [1.54, 1.807) is 0 Å². The molecule has 0 radical (unpaired) electrons. The lowest BCUT2D eigenvalue weighted by Gasteiger charge is -2.24. The fourth-order valence-corrected chi connectivity index (χ4v) is 5.41. The highest BCUT2D eigenvalue weighted by molar-refractivity contribution is 7.20. The molecule has 3 rings (SSSR count). The zero-order valence-electron chi connectivity index (χ0n) is 19.0. The summed E-state index contributed by atoms with van der Waals surface area (Å²) in [4.78, 5) is 27.5. The summed E-state index contributed by atoms with van der Waals surface area (Å²) >= 11 is 2.99. The number of carbonyl (C=O) groups excluding carboxylic acids is 1. The molecule has 32 heavy (non-hydrogen) atoms. The quantitative estimate of drug-likeness (QED) is 0.468. The predicted octanol–water partition coefficient (Wildman–Crippen LogP) is 5.76. The second-order valence-corrected chi connectivity index (χ2v) is 10.8. The lowest BCUT2D eigenvalue weighted by Crippen LogP contribution is -2.39. The molecule has 2 amide bonds. The number of aromatic nitrogens is 2. The van der Waals surface area contributed by atoms with E-state index in [0.29, 0.717) is 11.2 Å². The number of fused-ring (bicyclic) bond motifs is 1. The molecule has 0 bridgehead atoms. The van der Waals surface area contributed by atoms with Crippen LogP contribution in [0.5, 0.6) is 0 Å². The molecule has 0 saturated heterocycles. The number of nitrogens with one attached hydrogen (secondary N) is 1. The molecule has 0 aliphatic carbocycles. The van der Waals surface area contributed by atoms with Crippen LogP contribution in [-0.4, -0.2) is 39.1 Å². The minimum Gasteiger partial charge on any atom is -0.465 e. The van der Waals surface area contributed by atoms with Gasteiger partial charge in [-0.3, -0.25) is 4.90 Å². The van der Waals surface area contributed by atoms with Gasteiger partial charge in [-0.05, 0) is 51.6 Å². The van der Waals surface area contributed by atoms with Gasteiger partial charge >= 0.3 is 12.2 Å². The van der Waals surface area contributed by atoms with Crippen LogP contribution in [0.3, 0.4) is 0 Å². The van der Waals surface area contributed by atoms with Crippen LogP contribution in [0.15, 0.2) is 23.7 Å². The van der Waals surface area contributed by atoms with Crippen molar-refractivity contribution < 1.29 is 19.4 Å². The number of ether oxygens (including phenoxy) is 1. The molecule has 10 heteroatoms. The van der Waals surface area contributed by atoms with Gasteiger partial charge in [-0.15, -0.1) is 27.8 Å². The van der Waals surface area contributed by atoms with Crippen molar-refractivity contribution in [3.05, 3.63) is 39.0 Å². The Labute approximate surface area is 195 Å². The van der Waals surface area contributed by atoms with Gasteiger partial charge in [0.1, 0.15) is 11.1 Å². The minimum absolute atomic E-state index is 0.0369. The monoisotopic (exact) mass is 476 g/mol. The average molecular weight is 477 g/mol. The van der Waals surface area contributed by atoms with Gasteiger partial charge in [0.15, 0.2) is 0 Å². The van der Waals surface area contributed by atoms with Gasteiger partial charge in [0.2, 0.25) is 0 Å². The number of nitrogens with zero attached hydrogens (tertiary/aromatic N) is 3. The highest BCUT2D eigenvalue weighted by Gasteiger charge is 2.27. The van der Waals surface area contributed by atoms with Gasteiger partial charge in [-0.2, -0.15) is 5.10 Å². The summed E-state index contributed by atoms with van der Waals surface area (Å²) in [5, 5.41) is 23.1. The summed E-state index contributed by atoms with van der Waals surface area (Å²) in [6, 6.07) is 3.60. The molecule has 2 N–H and O–H groups in total. The van der Waals surface area contributed by atoms with Gasteiger partial charge in [0.05, 0.1) is 23.1 Å². The first-order valence-corrected chi connectivity index (χ1v) is 11.9. The van der Waals surface area contributed by atoms with E-state index in [4.69, 9.17) is 4.74 Å². The van der Waals surface area contributed by atoms with E-state index in [1.807, 2.05) is 59.1 Å². The van der Waals surface area contributed by atoms with Crippen molar-refractivity contribution in [1.82, 2.24) is 15.5 Å². The first-order valence-electron chi connectivity index (χ1n) is 10.2. The van der Waals surface area contributed by atoms with Crippen molar-refractivity contribution in [2.75, 3.05) is 4.90 Å². The SMILES string of the molecule is Cc1c(C(C)C(C)NC(=O)OC(C)(C)C)sc2c(N(Cc3cccs3)C(=O)O)cnnc12. The molecular weight excluding hydrogens is 448 g/mol. The van der Waals surface area contributed by atoms with Crippen LogP contribution in [-0.2, 0) is 11.3 Å². The lowest BCUT2D eigenvalue weighted by atomic mass is 9.99. The Bertz CT molecular complexity index is 1110. The van der Waals surface area contributed by atoms with Crippen LogP contribution in [0.2, 0.25) is 0 Å². The third kappa shape index (κ3) is 5.36. The summed E-state index contributed by atoms with van der Waals surface area (Å²) < 4.78 is 6.14. The minimum atomic E-state index is -1.05. The number of anilines is 1. The van der Waals surface area contributed by atoms with Crippen molar-refractivity contribution >= 4 is 50.8 Å². The van der Waals surface area contributed by atoms with Gasteiger partial charge < -0.3 is 15.2 Å². The number of carboxylic acid groups (broad SMARTS) is 1. The van der Waals surface area contributed by atoms with Crippen LogP contribution in [0.4, 0.5) is 15.3 Å². The smallest absolute Gasteiger partial charge is 0.412 e. The molecule has 0 aliphatic rings. The van der Waals surface area contributed by atoms with Crippen LogP contribution in [0, 0.1) is 6.92 Å². The molecule has 0 fully saturated rings. The molecule has 2 unspecified atom stereocenters. The normalized spacial score (nSPS) is 13.6. The van der Waals surface area contributed by atoms with Crippen LogP contribution < -0.4 is 10.2 Å². The van der Waals surface area contributed by atoms with Crippen LogP contribution in [0.1, 0.15) is 55.9 Å². The van der Waals surface area contributed by atoms with Gasteiger partial charge in [0.25, 0.3) is 0 Å². The van der Waals surface area contributed by atoms with Crippen molar-refractivity contribution in [1.29, 1.82) is 0 Å². The largest absolute Gasteiger partial charge is 0.465 e. The summed E-state index contributed by atoms with van der Waals surface area (Å²) in [6.45, 7) is 11.6. The Morgan fingerprint density at radius 3 is 2.62 bits per heavy atom. The first-order chi connectivity index (χ1) is 15.0. The Hall–Kier alpha value is -2.72. The van der Waals surface area contributed by atoms with E-state index in [1.165, 1.54) is 33.8 Å². The molecule has 3 aromatic rings. The Kier molecular flexibility index (Phi) is 7.04. The van der Waals surface area contributed by atoms with Crippen LogP contribution >= 0.6 is 22.7 Å². The molecule has 2 atom stereocenters. The van der Waals surface area contributed by atoms with E-state index in [0.717, 1.165) is 20.0 Å². The first kappa shape index (κ1) is 23.9. The second-order valence-electron chi connectivity index (χ2n) is 8.67. The molecule has 3 aromatic heterocycles. The van der Waals surface area contributed by atoms with Crippen molar-refractivity contribution in [2.24, 2.45) is 0 Å². The number of rotatable bonds is 6. The van der Waals surface area contributed by atoms with Gasteiger partial charge in [0, 0.05) is 21.7 Å². The fraction of sp³-hybridized carbons (Fsp3) is 0.455. The molecule has 8 nitrogen and oxygen atoms in total. The van der Waals surface area contributed by atoms with E-state index in [9.17, 15) is 14.7 Å². The molecule has 3 heterocycles. The average Bonchev–Trinajstić information content (AvgIpc) is 3.32. The number of hydrogen-bond acceptors (Lipinski definition) is 7. The number of carbonyl (C=O) groups is 2. The highest BCUT2D eigenvalue weighted by Crippen LogP contribution is 2.40. The van der Waals surface area contributed by atoms with Gasteiger partial charge in [-0.1, -0.05) is 13.0 Å². The van der Waals surface area contributed by atoms with Crippen molar-refractivity contribution in [3.8, 4) is 0 Å². The predicted molar refractivity (Wildman–Crippen MR) is 128 cm³/mol. The topological polar surface area (TPSA) is 105 Å². The maximum atomic E-state index is 12.2. The molecule has 0 aliphatic heterocycles. The van der Waals surface area contributed by atoms with E-state index >= 15 is 0 Å². The number of hydrogen-bond donors (Lipinski definition) is 2. The third-order valence-corrected chi connectivity index (χ3v) is 7.41. The highest BCUT2D eigenvalue weighted by atomic mass is 32.1. The molecule has 0 aromatic carbocycles.